The molecule has 3 heteroatoms. The van der Waals surface area contributed by atoms with E-state index in [1.807, 2.05) is 5.01 Å². The molecule has 0 unspecified atom stereocenters. The van der Waals surface area contributed by atoms with Crippen molar-refractivity contribution < 1.29 is 0 Å². The van der Waals surface area contributed by atoms with E-state index >= 15 is 0 Å². The van der Waals surface area contributed by atoms with Crippen molar-refractivity contribution in [2.75, 3.05) is 6.54 Å². The number of hydrazine groups is 1. The molecule has 64 valence electrons. The van der Waals surface area contributed by atoms with Gasteiger partial charge in [0.15, 0.2) is 0 Å². The van der Waals surface area contributed by atoms with Gasteiger partial charge in [0.1, 0.15) is 0 Å². The van der Waals surface area contributed by atoms with Crippen LogP contribution < -0.4 is 5.84 Å². The van der Waals surface area contributed by atoms with Gasteiger partial charge in [0.25, 0.3) is 0 Å². The van der Waals surface area contributed by atoms with E-state index in [0.717, 1.165) is 19.5 Å². The van der Waals surface area contributed by atoms with Crippen LogP contribution >= 0.6 is 15.9 Å². The molecule has 0 fully saturated rings. The van der Waals surface area contributed by atoms with E-state index in [-0.39, 0.29) is 0 Å². The van der Waals surface area contributed by atoms with Crippen LogP contribution in [0.4, 0.5) is 0 Å². The van der Waals surface area contributed by atoms with Gasteiger partial charge in [0.2, 0.25) is 0 Å². The highest BCUT2D eigenvalue weighted by Gasteiger charge is 2.14. The maximum absolute atomic E-state index is 5.72. The molecule has 1 aliphatic heterocycles. The van der Waals surface area contributed by atoms with E-state index in [2.05, 4.69) is 34.1 Å². The topological polar surface area (TPSA) is 29.3 Å². The fourth-order valence-electron chi connectivity index (χ4n) is 1.58. The van der Waals surface area contributed by atoms with Gasteiger partial charge in [-0.25, -0.2) is 5.01 Å². The molecule has 1 heterocycles. The summed E-state index contributed by atoms with van der Waals surface area (Å²) in [5.74, 6) is 5.72. The first-order chi connectivity index (χ1) is 5.77. The monoisotopic (exact) mass is 226 g/mol. The van der Waals surface area contributed by atoms with Crippen molar-refractivity contribution in [2.45, 2.75) is 13.0 Å². The average Bonchev–Trinajstić information content (AvgIpc) is 2.04. The predicted octanol–water partition coefficient (Wildman–Crippen LogP) is 1.68. The average molecular weight is 227 g/mol. The maximum Gasteiger partial charge on any atom is 0.0382 e. The van der Waals surface area contributed by atoms with Crippen LogP contribution in [0.3, 0.4) is 0 Å². The molecule has 1 aliphatic rings. The summed E-state index contributed by atoms with van der Waals surface area (Å²) in [5, 5.41) is 1.86. The fourth-order valence-corrected chi connectivity index (χ4v) is 2.19. The lowest BCUT2D eigenvalue weighted by Gasteiger charge is -2.25. The van der Waals surface area contributed by atoms with E-state index in [1.165, 1.54) is 15.6 Å². The first kappa shape index (κ1) is 8.23. The van der Waals surface area contributed by atoms with E-state index in [9.17, 15) is 0 Å². The second-order valence-corrected chi connectivity index (χ2v) is 3.95. The summed E-state index contributed by atoms with van der Waals surface area (Å²) in [6.07, 6.45) is 1.05. The SMILES string of the molecule is NN1CCc2c(Br)cccc2C1. The zero-order valence-corrected chi connectivity index (χ0v) is 8.34. The molecule has 0 atom stereocenters. The standard InChI is InChI=1S/C9H11BrN2/c10-9-3-1-2-7-6-12(11)5-4-8(7)9/h1-3H,4-6,11H2. The summed E-state index contributed by atoms with van der Waals surface area (Å²) in [6.45, 7) is 1.82. The third kappa shape index (κ3) is 1.40. The molecular weight excluding hydrogens is 216 g/mol. The third-order valence-electron chi connectivity index (χ3n) is 2.24. The molecule has 0 aliphatic carbocycles. The Morgan fingerprint density at radius 3 is 3.08 bits per heavy atom. The predicted molar refractivity (Wildman–Crippen MR) is 52.4 cm³/mol. The number of fused-ring (bicyclic) bond motifs is 1. The highest BCUT2D eigenvalue weighted by molar-refractivity contribution is 9.10. The lowest BCUT2D eigenvalue weighted by atomic mass is 10.0. The summed E-state index contributed by atoms with van der Waals surface area (Å²) in [4.78, 5) is 0. The highest BCUT2D eigenvalue weighted by Crippen LogP contribution is 2.24. The minimum Gasteiger partial charge on any atom is -0.268 e. The molecule has 0 bridgehead atoms. The summed E-state index contributed by atoms with van der Waals surface area (Å²) in [7, 11) is 0. The molecule has 0 amide bonds. The lowest BCUT2D eigenvalue weighted by Crippen LogP contribution is -2.36. The number of benzene rings is 1. The minimum atomic E-state index is 0.870. The zero-order chi connectivity index (χ0) is 8.55. The van der Waals surface area contributed by atoms with Gasteiger partial charge in [-0.05, 0) is 23.6 Å². The number of nitrogens with two attached hydrogens (primary N) is 1. The number of halogens is 1. The van der Waals surface area contributed by atoms with Crippen molar-refractivity contribution in [3.8, 4) is 0 Å². The van der Waals surface area contributed by atoms with E-state index in [4.69, 9.17) is 5.84 Å². The molecular formula is C9H11BrN2. The Morgan fingerprint density at radius 1 is 1.42 bits per heavy atom. The number of hydrogen-bond donors (Lipinski definition) is 1. The highest BCUT2D eigenvalue weighted by atomic mass is 79.9. The van der Waals surface area contributed by atoms with Gasteiger partial charge in [-0.15, -0.1) is 0 Å². The molecule has 0 saturated carbocycles. The number of rotatable bonds is 0. The molecule has 0 radical (unpaired) electrons. The van der Waals surface area contributed by atoms with Crippen molar-refractivity contribution in [1.29, 1.82) is 0 Å². The lowest BCUT2D eigenvalue weighted by molar-refractivity contribution is 0.262. The Labute approximate surface area is 80.5 Å². The van der Waals surface area contributed by atoms with E-state index in [0.29, 0.717) is 0 Å². The Morgan fingerprint density at radius 2 is 2.25 bits per heavy atom. The molecule has 1 aromatic carbocycles. The van der Waals surface area contributed by atoms with Gasteiger partial charge in [-0.2, -0.15) is 0 Å². The van der Waals surface area contributed by atoms with Crippen LogP contribution in [0.5, 0.6) is 0 Å². The second-order valence-electron chi connectivity index (χ2n) is 3.10. The van der Waals surface area contributed by atoms with Gasteiger partial charge in [-0.1, -0.05) is 28.1 Å². The van der Waals surface area contributed by atoms with Crippen molar-refractivity contribution in [2.24, 2.45) is 5.84 Å². The molecule has 2 rings (SSSR count). The fraction of sp³-hybridized carbons (Fsp3) is 0.333. The van der Waals surface area contributed by atoms with Gasteiger partial charge in [0, 0.05) is 17.6 Å². The molecule has 2 nitrogen and oxygen atoms in total. The summed E-state index contributed by atoms with van der Waals surface area (Å²) >= 11 is 3.54. The quantitative estimate of drug-likeness (QED) is 0.683. The molecule has 1 aromatic rings. The Balaban J connectivity index is 2.42. The van der Waals surface area contributed by atoms with E-state index in [1.54, 1.807) is 0 Å². The maximum atomic E-state index is 5.72. The molecule has 0 aromatic heterocycles. The van der Waals surface area contributed by atoms with Crippen molar-refractivity contribution in [1.82, 2.24) is 5.01 Å². The van der Waals surface area contributed by atoms with Crippen molar-refractivity contribution in [3.05, 3.63) is 33.8 Å². The van der Waals surface area contributed by atoms with Gasteiger partial charge >= 0.3 is 0 Å². The van der Waals surface area contributed by atoms with Crippen molar-refractivity contribution >= 4 is 15.9 Å². The van der Waals surface area contributed by atoms with Crippen LogP contribution in [-0.4, -0.2) is 11.6 Å². The molecule has 0 saturated heterocycles. The molecule has 0 spiro atoms. The molecule has 2 N–H and O–H groups in total. The smallest absolute Gasteiger partial charge is 0.0382 e. The summed E-state index contributed by atoms with van der Waals surface area (Å²) in [5.41, 5.74) is 2.76. The summed E-state index contributed by atoms with van der Waals surface area (Å²) < 4.78 is 1.22. The summed E-state index contributed by atoms with van der Waals surface area (Å²) in [6, 6.07) is 6.28. The van der Waals surface area contributed by atoms with Crippen LogP contribution in [0.1, 0.15) is 11.1 Å². The van der Waals surface area contributed by atoms with Gasteiger partial charge in [-0.3, -0.25) is 5.84 Å². The van der Waals surface area contributed by atoms with E-state index < -0.39 is 0 Å². The van der Waals surface area contributed by atoms with Crippen LogP contribution in [-0.2, 0) is 13.0 Å². The molecule has 12 heavy (non-hydrogen) atoms. The first-order valence-electron chi connectivity index (χ1n) is 4.03. The number of hydrogen-bond acceptors (Lipinski definition) is 2. The number of nitrogens with zero attached hydrogens (tertiary/aromatic N) is 1. The normalized spacial score (nSPS) is 17.5. The first-order valence-corrected chi connectivity index (χ1v) is 4.82. The van der Waals surface area contributed by atoms with Crippen molar-refractivity contribution in [3.63, 3.8) is 0 Å². The van der Waals surface area contributed by atoms with Crippen LogP contribution in [0, 0.1) is 0 Å². The Hall–Kier alpha value is -0.380. The van der Waals surface area contributed by atoms with Gasteiger partial charge in [0.05, 0.1) is 0 Å². The second kappa shape index (κ2) is 3.17. The van der Waals surface area contributed by atoms with Gasteiger partial charge < -0.3 is 0 Å². The Bertz CT molecular complexity index is 299. The van der Waals surface area contributed by atoms with Crippen LogP contribution in [0.2, 0.25) is 0 Å². The minimum absolute atomic E-state index is 0.870. The third-order valence-corrected chi connectivity index (χ3v) is 2.98. The zero-order valence-electron chi connectivity index (χ0n) is 6.76. The largest absolute Gasteiger partial charge is 0.268 e. The van der Waals surface area contributed by atoms with Crippen LogP contribution in [0.15, 0.2) is 22.7 Å². The van der Waals surface area contributed by atoms with Crippen LogP contribution in [0.25, 0.3) is 0 Å². The Kier molecular flexibility index (Phi) is 2.17.